The highest BCUT2D eigenvalue weighted by Crippen LogP contribution is 2.27. The number of anilines is 2. The molecule has 25 heavy (non-hydrogen) atoms. The molecule has 0 saturated heterocycles. The molecule has 3 rings (SSSR count). The van der Waals surface area contributed by atoms with Crippen LogP contribution in [-0.2, 0) is 16.0 Å². The molecule has 1 N–H and O–H groups in total. The highest BCUT2D eigenvalue weighted by molar-refractivity contribution is 5.93. The summed E-state index contributed by atoms with van der Waals surface area (Å²) >= 11 is 0. The SMILES string of the molecule is CCOC(=O)c1ccc(NC(=O)CCN2CCc3ccccc32)cc1. The van der Waals surface area contributed by atoms with Crippen LogP contribution in [0.15, 0.2) is 48.5 Å². The Hall–Kier alpha value is -2.82. The summed E-state index contributed by atoms with van der Waals surface area (Å²) in [6.45, 7) is 3.77. The molecule has 0 fully saturated rings. The molecule has 1 heterocycles. The Labute approximate surface area is 147 Å². The molecule has 0 aliphatic carbocycles. The van der Waals surface area contributed by atoms with Crippen molar-refractivity contribution >= 4 is 23.3 Å². The average molecular weight is 338 g/mol. The summed E-state index contributed by atoms with van der Waals surface area (Å²) in [5, 5.41) is 2.87. The molecule has 1 aliphatic rings. The van der Waals surface area contributed by atoms with E-state index < -0.39 is 0 Å². The lowest BCUT2D eigenvalue weighted by Gasteiger charge is -2.19. The van der Waals surface area contributed by atoms with Gasteiger partial charge in [0.15, 0.2) is 0 Å². The lowest BCUT2D eigenvalue weighted by Crippen LogP contribution is -2.26. The van der Waals surface area contributed by atoms with Crippen molar-refractivity contribution in [1.29, 1.82) is 0 Å². The number of fused-ring (bicyclic) bond motifs is 1. The molecule has 5 heteroatoms. The minimum absolute atomic E-state index is 0.0340. The number of nitrogens with zero attached hydrogens (tertiary/aromatic N) is 1. The van der Waals surface area contributed by atoms with Crippen molar-refractivity contribution in [2.75, 3.05) is 29.9 Å². The predicted octanol–water partition coefficient (Wildman–Crippen LogP) is 3.25. The van der Waals surface area contributed by atoms with Crippen LogP contribution in [0.5, 0.6) is 0 Å². The summed E-state index contributed by atoms with van der Waals surface area (Å²) in [6.07, 6.45) is 1.46. The van der Waals surface area contributed by atoms with E-state index in [1.807, 2.05) is 6.07 Å². The van der Waals surface area contributed by atoms with Gasteiger partial charge in [0.25, 0.3) is 0 Å². The van der Waals surface area contributed by atoms with E-state index in [0.29, 0.717) is 30.8 Å². The van der Waals surface area contributed by atoms with Crippen LogP contribution in [0.3, 0.4) is 0 Å². The third kappa shape index (κ3) is 4.18. The van der Waals surface area contributed by atoms with Gasteiger partial charge >= 0.3 is 5.97 Å². The summed E-state index contributed by atoms with van der Waals surface area (Å²) in [7, 11) is 0. The molecule has 2 aromatic rings. The van der Waals surface area contributed by atoms with E-state index >= 15 is 0 Å². The number of amides is 1. The highest BCUT2D eigenvalue weighted by Gasteiger charge is 2.18. The summed E-state index contributed by atoms with van der Waals surface area (Å²) in [5.74, 6) is -0.388. The van der Waals surface area contributed by atoms with Crippen molar-refractivity contribution < 1.29 is 14.3 Å². The fraction of sp³-hybridized carbons (Fsp3) is 0.300. The van der Waals surface area contributed by atoms with E-state index in [-0.39, 0.29) is 11.9 Å². The minimum atomic E-state index is -0.354. The summed E-state index contributed by atoms with van der Waals surface area (Å²) < 4.78 is 4.94. The first-order chi connectivity index (χ1) is 12.2. The standard InChI is InChI=1S/C20H22N2O3/c1-2-25-20(24)16-7-9-17(10-8-16)21-19(23)12-14-22-13-11-15-5-3-4-6-18(15)22/h3-10H,2,11-14H2,1H3,(H,21,23). The Morgan fingerprint density at radius 2 is 1.88 bits per heavy atom. The zero-order chi connectivity index (χ0) is 17.6. The third-order valence-electron chi connectivity index (χ3n) is 4.27. The lowest BCUT2D eigenvalue weighted by molar-refractivity contribution is -0.116. The number of carbonyl (C=O) groups excluding carboxylic acids is 2. The number of ether oxygens (including phenoxy) is 1. The smallest absolute Gasteiger partial charge is 0.338 e. The van der Waals surface area contributed by atoms with Crippen LogP contribution in [0.2, 0.25) is 0 Å². The van der Waals surface area contributed by atoms with E-state index in [0.717, 1.165) is 13.0 Å². The molecule has 0 spiro atoms. The Morgan fingerprint density at radius 1 is 1.12 bits per heavy atom. The van der Waals surface area contributed by atoms with Crippen molar-refractivity contribution in [1.82, 2.24) is 0 Å². The van der Waals surface area contributed by atoms with Gasteiger partial charge in [0.2, 0.25) is 5.91 Å². The molecular formula is C20H22N2O3. The number of nitrogens with one attached hydrogen (secondary N) is 1. The van der Waals surface area contributed by atoms with Gasteiger partial charge in [-0.25, -0.2) is 4.79 Å². The number of rotatable bonds is 6. The molecule has 130 valence electrons. The van der Waals surface area contributed by atoms with Crippen molar-refractivity contribution in [3.05, 3.63) is 59.7 Å². The molecule has 0 aromatic heterocycles. The normalized spacial score (nSPS) is 12.6. The summed E-state index contributed by atoms with van der Waals surface area (Å²) in [4.78, 5) is 26.0. The second-order valence-corrected chi connectivity index (χ2v) is 5.96. The Bertz CT molecular complexity index is 756. The van der Waals surface area contributed by atoms with E-state index in [1.165, 1.54) is 11.3 Å². The minimum Gasteiger partial charge on any atom is -0.462 e. The largest absolute Gasteiger partial charge is 0.462 e. The second kappa shape index (κ2) is 7.83. The summed E-state index contributed by atoms with van der Waals surface area (Å²) in [5.41, 5.74) is 3.74. The fourth-order valence-electron chi connectivity index (χ4n) is 3.00. The number of esters is 1. The molecule has 1 aliphatic heterocycles. The van der Waals surface area contributed by atoms with Crippen molar-refractivity contribution in [3.8, 4) is 0 Å². The van der Waals surface area contributed by atoms with Gasteiger partial charge in [-0.05, 0) is 49.2 Å². The molecule has 0 radical (unpaired) electrons. The van der Waals surface area contributed by atoms with Crippen LogP contribution in [0.25, 0.3) is 0 Å². The maximum atomic E-state index is 12.2. The van der Waals surface area contributed by atoms with Crippen molar-refractivity contribution in [2.45, 2.75) is 19.8 Å². The number of benzene rings is 2. The Balaban J connectivity index is 1.51. The van der Waals surface area contributed by atoms with E-state index in [2.05, 4.69) is 28.4 Å². The molecule has 0 unspecified atom stereocenters. The predicted molar refractivity (Wildman–Crippen MR) is 98.0 cm³/mol. The van der Waals surface area contributed by atoms with E-state index in [9.17, 15) is 9.59 Å². The maximum Gasteiger partial charge on any atom is 0.338 e. The molecule has 0 bridgehead atoms. The molecular weight excluding hydrogens is 316 g/mol. The maximum absolute atomic E-state index is 12.2. The van der Waals surface area contributed by atoms with Crippen LogP contribution in [0.1, 0.15) is 29.3 Å². The van der Waals surface area contributed by atoms with Gasteiger partial charge in [0, 0.05) is 30.9 Å². The van der Waals surface area contributed by atoms with Gasteiger partial charge in [-0.1, -0.05) is 18.2 Å². The molecule has 5 nitrogen and oxygen atoms in total. The van der Waals surface area contributed by atoms with Crippen molar-refractivity contribution in [2.24, 2.45) is 0 Å². The first-order valence-electron chi connectivity index (χ1n) is 8.57. The van der Waals surface area contributed by atoms with Crippen LogP contribution >= 0.6 is 0 Å². The monoisotopic (exact) mass is 338 g/mol. The molecule has 2 aromatic carbocycles. The van der Waals surface area contributed by atoms with Gasteiger partial charge in [-0.2, -0.15) is 0 Å². The van der Waals surface area contributed by atoms with Gasteiger partial charge < -0.3 is 15.0 Å². The van der Waals surface area contributed by atoms with Crippen LogP contribution < -0.4 is 10.2 Å². The quantitative estimate of drug-likeness (QED) is 0.822. The number of para-hydroxylation sites is 1. The van der Waals surface area contributed by atoms with Crippen LogP contribution in [-0.4, -0.2) is 31.6 Å². The molecule has 1 amide bonds. The number of carbonyl (C=O) groups is 2. The van der Waals surface area contributed by atoms with Crippen LogP contribution in [0, 0.1) is 0 Å². The molecule has 0 atom stereocenters. The van der Waals surface area contributed by atoms with Crippen LogP contribution in [0.4, 0.5) is 11.4 Å². The van der Waals surface area contributed by atoms with Crippen molar-refractivity contribution in [3.63, 3.8) is 0 Å². The van der Waals surface area contributed by atoms with Gasteiger partial charge in [0.1, 0.15) is 0 Å². The first kappa shape index (κ1) is 17.0. The number of hydrogen-bond donors (Lipinski definition) is 1. The zero-order valence-electron chi connectivity index (χ0n) is 14.3. The van der Waals surface area contributed by atoms with Gasteiger partial charge in [-0.15, -0.1) is 0 Å². The Morgan fingerprint density at radius 3 is 2.64 bits per heavy atom. The molecule has 0 saturated carbocycles. The van der Waals surface area contributed by atoms with E-state index in [1.54, 1.807) is 31.2 Å². The van der Waals surface area contributed by atoms with E-state index in [4.69, 9.17) is 4.74 Å². The zero-order valence-corrected chi connectivity index (χ0v) is 14.3. The number of hydrogen-bond acceptors (Lipinski definition) is 4. The average Bonchev–Trinajstić information content (AvgIpc) is 3.04. The third-order valence-corrected chi connectivity index (χ3v) is 4.27. The van der Waals surface area contributed by atoms with Gasteiger partial charge in [-0.3, -0.25) is 4.79 Å². The first-order valence-corrected chi connectivity index (χ1v) is 8.57. The fourth-order valence-corrected chi connectivity index (χ4v) is 3.00. The lowest BCUT2D eigenvalue weighted by atomic mass is 10.2. The summed E-state index contributed by atoms with van der Waals surface area (Å²) in [6, 6.07) is 15.1. The second-order valence-electron chi connectivity index (χ2n) is 5.96. The van der Waals surface area contributed by atoms with Gasteiger partial charge in [0.05, 0.1) is 12.2 Å². The topological polar surface area (TPSA) is 58.6 Å². The Kier molecular flexibility index (Phi) is 5.33. The highest BCUT2D eigenvalue weighted by atomic mass is 16.5.